The molecule has 0 radical (unpaired) electrons. The van der Waals surface area contributed by atoms with Gasteiger partial charge < -0.3 is 37.0 Å². The summed E-state index contributed by atoms with van der Waals surface area (Å²) in [5, 5.41) is 34.3. The zero-order valence-electron chi connectivity index (χ0n) is 16.9. The number of carboxylic acid groups (broad SMARTS) is 1. The van der Waals surface area contributed by atoms with Crippen LogP contribution < -0.4 is 21.7 Å². The Morgan fingerprint density at radius 2 is 1.38 bits per heavy atom. The van der Waals surface area contributed by atoms with Crippen LogP contribution in [-0.2, 0) is 19.2 Å². The standard InChI is InChI=1S/C17H32N4O7S/c1-9(2)6-10(18)14(24)20-12(7-22)16(26)19-11(4-5-29-3)15(25)21-13(8-23)17(27)28/h9-13,22-23H,4-8,18H2,1-3H3,(H,19,26)(H,20,24)(H,21,25)(H,27,28). The number of carbonyl (C=O) groups is 4. The van der Waals surface area contributed by atoms with Crippen molar-refractivity contribution in [3.63, 3.8) is 0 Å². The summed E-state index contributed by atoms with van der Waals surface area (Å²) in [7, 11) is 0. The van der Waals surface area contributed by atoms with Gasteiger partial charge in [-0.2, -0.15) is 11.8 Å². The fourth-order valence-electron chi connectivity index (χ4n) is 2.32. The summed E-state index contributed by atoms with van der Waals surface area (Å²) in [6, 6.07) is -4.80. The quantitative estimate of drug-likeness (QED) is 0.156. The summed E-state index contributed by atoms with van der Waals surface area (Å²) in [6.07, 6.45) is 2.36. The molecule has 168 valence electrons. The molecule has 0 aromatic rings. The van der Waals surface area contributed by atoms with Crippen molar-refractivity contribution in [2.45, 2.75) is 50.9 Å². The van der Waals surface area contributed by atoms with Crippen LogP contribution in [0.2, 0.25) is 0 Å². The Bertz CT molecular complexity index is 562. The molecule has 0 aliphatic carbocycles. The number of carbonyl (C=O) groups excluding carboxylic acids is 3. The zero-order valence-corrected chi connectivity index (χ0v) is 17.7. The van der Waals surface area contributed by atoms with E-state index in [0.29, 0.717) is 12.2 Å². The Balaban J connectivity index is 5.09. The minimum absolute atomic E-state index is 0.158. The molecule has 8 N–H and O–H groups in total. The number of nitrogens with two attached hydrogens (primary N) is 1. The van der Waals surface area contributed by atoms with Crippen LogP contribution in [0.25, 0.3) is 0 Å². The van der Waals surface area contributed by atoms with Gasteiger partial charge in [-0.25, -0.2) is 4.79 Å². The molecule has 0 aliphatic rings. The topological polar surface area (TPSA) is 191 Å². The van der Waals surface area contributed by atoms with Crippen molar-refractivity contribution in [2.75, 3.05) is 25.2 Å². The Kier molecular flexibility index (Phi) is 13.2. The Labute approximate surface area is 174 Å². The smallest absolute Gasteiger partial charge is 0.328 e. The first-order chi connectivity index (χ1) is 13.6. The highest BCUT2D eigenvalue weighted by molar-refractivity contribution is 7.98. The number of nitrogens with one attached hydrogen (secondary N) is 3. The second-order valence-corrected chi connectivity index (χ2v) is 7.89. The summed E-state index contributed by atoms with van der Waals surface area (Å²) in [5.74, 6) is -3.00. The third-order valence-electron chi connectivity index (χ3n) is 3.92. The molecule has 0 saturated heterocycles. The van der Waals surface area contributed by atoms with Crippen molar-refractivity contribution >= 4 is 35.5 Å². The van der Waals surface area contributed by atoms with E-state index >= 15 is 0 Å². The second-order valence-electron chi connectivity index (χ2n) is 6.90. The van der Waals surface area contributed by atoms with E-state index in [1.165, 1.54) is 11.8 Å². The molecular weight excluding hydrogens is 404 g/mol. The molecule has 0 spiro atoms. The van der Waals surface area contributed by atoms with E-state index in [4.69, 9.17) is 15.9 Å². The SMILES string of the molecule is CSCCC(NC(=O)C(CO)NC(=O)C(N)CC(C)C)C(=O)NC(CO)C(=O)O. The van der Waals surface area contributed by atoms with Crippen LogP contribution in [-0.4, -0.2) is 88.4 Å². The Morgan fingerprint density at radius 3 is 1.83 bits per heavy atom. The van der Waals surface area contributed by atoms with Gasteiger partial charge in [0.15, 0.2) is 0 Å². The fourth-order valence-corrected chi connectivity index (χ4v) is 2.79. The highest BCUT2D eigenvalue weighted by atomic mass is 32.2. The second kappa shape index (κ2) is 14.1. The number of aliphatic hydroxyl groups is 2. The first-order valence-corrected chi connectivity index (χ1v) is 10.6. The molecule has 0 heterocycles. The van der Waals surface area contributed by atoms with Crippen molar-refractivity contribution in [2.24, 2.45) is 11.7 Å². The van der Waals surface area contributed by atoms with Crippen molar-refractivity contribution in [1.82, 2.24) is 16.0 Å². The number of carboxylic acids is 1. The van der Waals surface area contributed by atoms with Crippen molar-refractivity contribution in [1.29, 1.82) is 0 Å². The molecule has 0 fully saturated rings. The maximum Gasteiger partial charge on any atom is 0.328 e. The minimum atomic E-state index is -1.52. The van der Waals surface area contributed by atoms with Gasteiger partial charge in [0.25, 0.3) is 0 Å². The lowest BCUT2D eigenvalue weighted by Crippen LogP contribution is -2.58. The first-order valence-electron chi connectivity index (χ1n) is 9.17. The van der Waals surface area contributed by atoms with E-state index in [1.807, 2.05) is 13.8 Å². The van der Waals surface area contributed by atoms with E-state index in [9.17, 15) is 24.3 Å². The van der Waals surface area contributed by atoms with Crippen LogP contribution in [0.3, 0.4) is 0 Å². The first kappa shape index (κ1) is 27.1. The van der Waals surface area contributed by atoms with E-state index in [2.05, 4.69) is 16.0 Å². The molecule has 11 nitrogen and oxygen atoms in total. The number of amides is 3. The summed E-state index contributed by atoms with van der Waals surface area (Å²) in [5.41, 5.74) is 5.76. The number of thioether (sulfide) groups is 1. The number of hydrogen-bond donors (Lipinski definition) is 7. The largest absolute Gasteiger partial charge is 0.480 e. The molecule has 12 heteroatoms. The van der Waals surface area contributed by atoms with Crippen molar-refractivity contribution in [3.05, 3.63) is 0 Å². The molecule has 0 bridgehead atoms. The van der Waals surface area contributed by atoms with Crippen LogP contribution >= 0.6 is 11.8 Å². The predicted molar refractivity (Wildman–Crippen MR) is 108 cm³/mol. The van der Waals surface area contributed by atoms with Gasteiger partial charge in [-0.3, -0.25) is 14.4 Å². The van der Waals surface area contributed by atoms with Gasteiger partial charge >= 0.3 is 5.97 Å². The molecule has 0 saturated carbocycles. The van der Waals surface area contributed by atoms with Crippen molar-refractivity contribution in [3.8, 4) is 0 Å². The van der Waals surface area contributed by atoms with Crippen LogP contribution in [0.1, 0.15) is 26.7 Å². The van der Waals surface area contributed by atoms with Gasteiger partial charge in [-0.15, -0.1) is 0 Å². The molecule has 4 atom stereocenters. The number of rotatable bonds is 14. The number of aliphatic hydroxyl groups excluding tert-OH is 2. The average Bonchev–Trinajstić information content (AvgIpc) is 2.65. The van der Waals surface area contributed by atoms with Crippen LogP contribution in [0.5, 0.6) is 0 Å². The van der Waals surface area contributed by atoms with Crippen molar-refractivity contribution < 1.29 is 34.5 Å². The molecule has 0 aromatic heterocycles. The van der Waals surface area contributed by atoms with Crippen LogP contribution in [0.15, 0.2) is 0 Å². The van der Waals surface area contributed by atoms with Gasteiger partial charge in [0.1, 0.15) is 18.1 Å². The maximum absolute atomic E-state index is 12.4. The third kappa shape index (κ3) is 10.5. The average molecular weight is 437 g/mol. The molecule has 0 aliphatic heterocycles. The Morgan fingerprint density at radius 1 is 0.897 bits per heavy atom. The molecule has 29 heavy (non-hydrogen) atoms. The third-order valence-corrected chi connectivity index (χ3v) is 4.56. The number of hydrogen-bond acceptors (Lipinski definition) is 8. The zero-order chi connectivity index (χ0) is 22.6. The molecule has 3 amide bonds. The van der Waals surface area contributed by atoms with E-state index in [-0.39, 0.29) is 12.3 Å². The van der Waals surface area contributed by atoms with E-state index in [0.717, 1.165) is 0 Å². The summed E-state index contributed by atoms with van der Waals surface area (Å²) in [6.45, 7) is 2.24. The normalized spacial score (nSPS) is 15.1. The molecule has 0 rings (SSSR count). The predicted octanol–water partition coefficient (Wildman–Crippen LogP) is -2.36. The molecule has 4 unspecified atom stereocenters. The minimum Gasteiger partial charge on any atom is -0.480 e. The van der Waals surface area contributed by atoms with Gasteiger partial charge in [0.05, 0.1) is 19.3 Å². The monoisotopic (exact) mass is 436 g/mol. The lowest BCUT2D eigenvalue weighted by atomic mass is 10.0. The highest BCUT2D eigenvalue weighted by Crippen LogP contribution is 2.04. The Hall–Kier alpha value is -1.89. The fraction of sp³-hybridized carbons (Fsp3) is 0.765. The number of aliphatic carboxylic acids is 1. The van der Waals surface area contributed by atoms with Gasteiger partial charge in [-0.05, 0) is 30.8 Å². The lowest BCUT2D eigenvalue weighted by molar-refractivity contribution is -0.143. The van der Waals surface area contributed by atoms with Gasteiger partial charge in [0.2, 0.25) is 17.7 Å². The van der Waals surface area contributed by atoms with Gasteiger partial charge in [-0.1, -0.05) is 13.8 Å². The maximum atomic E-state index is 12.4. The van der Waals surface area contributed by atoms with Crippen LogP contribution in [0, 0.1) is 5.92 Å². The lowest BCUT2D eigenvalue weighted by Gasteiger charge is -2.24. The highest BCUT2D eigenvalue weighted by Gasteiger charge is 2.29. The molecular formula is C17H32N4O7S. The van der Waals surface area contributed by atoms with E-state index in [1.54, 1.807) is 6.26 Å². The van der Waals surface area contributed by atoms with E-state index < -0.39 is 61.1 Å². The summed E-state index contributed by atoms with van der Waals surface area (Å²) >= 11 is 1.41. The molecule has 0 aromatic carbocycles. The van der Waals surface area contributed by atoms with Gasteiger partial charge in [0, 0.05) is 0 Å². The summed E-state index contributed by atoms with van der Waals surface area (Å²) in [4.78, 5) is 47.9. The van der Waals surface area contributed by atoms with Crippen LogP contribution in [0.4, 0.5) is 0 Å². The summed E-state index contributed by atoms with van der Waals surface area (Å²) < 4.78 is 0.